The van der Waals surface area contributed by atoms with Crippen LogP contribution in [0.4, 0.5) is 0 Å². The molecule has 12 heteroatoms. The molecule has 0 aromatic rings. The molecule has 108 valence electrons. The number of unbranched alkanes of at least 4 members (excludes halogenated alkanes) is 3. The van der Waals surface area contributed by atoms with E-state index in [0.29, 0.717) is 19.6 Å². The molecule has 22 heavy (non-hydrogen) atoms. The van der Waals surface area contributed by atoms with Crippen LogP contribution in [-0.2, 0) is 13.6 Å². The first-order valence-corrected chi connectivity index (χ1v) is 7.02. The summed E-state index contributed by atoms with van der Waals surface area (Å²) in [5.41, 5.74) is 11.0. The van der Waals surface area contributed by atoms with Gasteiger partial charge >= 0.3 is 317 Å². The Hall–Kier alpha value is 9.76. The monoisotopic (exact) mass is 491 g/mol. The van der Waals surface area contributed by atoms with Gasteiger partial charge < -0.3 is 20.0 Å². The SMILES string of the molecule is CCCCO[P+](=O)OC(N)CCCCCN.[H-].[H-].[H-].[H-].[H-].[H-].[K+].[K+].[K+].[K+].[K+].[K+]. The molecule has 0 aromatic carbocycles. The molecule has 0 spiro atoms. The fourth-order valence-corrected chi connectivity index (χ4v) is 1.81. The number of hydrogen-bond acceptors (Lipinski definition) is 5. The van der Waals surface area contributed by atoms with Gasteiger partial charge in [0.1, 0.15) is 6.61 Å². The van der Waals surface area contributed by atoms with Crippen LogP contribution >= 0.6 is 8.25 Å². The average molecular weight is 492 g/mol. The molecule has 0 fully saturated rings. The topological polar surface area (TPSA) is 87.6 Å². The Morgan fingerprint density at radius 3 is 2.00 bits per heavy atom. The normalized spacial score (nSPS) is 10.0. The molecule has 0 saturated carbocycles. The fourth-order valence-electron chi connectivity index (χ4n) is 1.14. The maximum Gasteiger partial charge on any atom is 1.00 e. The molecular weight excluding hydrogens is 462 g/mol. The first-order valence-electron chi connectivity index (χ1n) is 5.93. The summed E-state index contributed by atoms with van der Waals surface area (Å²) in [7, 11) is -2.06. The second-order valence-electron chi connectivity index (χ2n) is 3.69. The number of hydrogen-bond donors (Lipinski definition) is 2. The van der Waals surface area contributed by atoms with Gasteiger partial charge in [0, 0.05) is 4.57 Å². The van der Waals surface area contributed by atoms with Gasteiger partial charge in [-0.2, -0.15) is 0 Å². The first-order chi connectivity index (χ1) is 7.70. The Labute approximate surface area is 401 Å². The van der Waals surface area contributed by atoms with E-state index in [0.717, 1.165) is 32.1 Å². The van der Waals surface area contributed by atoms with Crippen LogP contribution in [0.1, 0.15) is 54.0 Å². The molecule has 0 amide bonds. The molecule has 4 N–H and O–H groups in total. The van der Waals surface area contributed by atoms with Gasteiger partial charge in [-0.15, -0.1) is 9.05 Å². The van der Waals surface area contributed by atoms with Gasteiger partial charge in [0.2, 0.25) is 0 Å². The van der Waals surface area contributed by atoms with E-state index in [1.807, 2.05) is 6.92 Å². The van der Waals surface area contributed by atoms with Crippen molar-refractivity contribution in [2.75, 3.05) is 13.2 Å². The third-order valence-electron chi connectivity index (χ3n) is 2.11. The van der Waals surface area contributed by atoms with Crippen molar-refractivity contribution in [3.8, 4) is 0 Å². The average Bonchev–Trinajstić information content (AvgIpc) is 2.25. The van der Waals surface area contributed by atoms with Crippen LogP contribution in [0, 0.1) is 0 Å². The quantitative estimate of drug-likeness (QED) is 0.130. The van der Waals surface area contributed by atoms with Gasteiger partial charge in [-0.05, 0) is 32.2 Å². The Balaban J connectivity index is -0.0000000170. The van der Waals surface area contributed by atoms with E-state index in [4.69, 9.17) is 20.5 Å². The second-order valence-corrected chi connectivity index (χ2v) is 4.61. The van der Waals surface area contributed by atoms with Crippen LogP contribution in [0.25, 0.3) is 0 Å². The molecule has 0 aliphatic heterocycles. The minimum atomic E-state index is -2.06. The smallest absolute Gasteiger partial charge is 1.00 e. The molecule has 5 nitrogen and oxygen atoms in total. The molecular formula is C10H30K6N2O3P+. The van der Waals surface area contributed by atoms with Crippen LogP contribution in [0.5, 0.6) is 0 Å². The van der Waals surface area contributed by atoms with Crippen molar-refractivity contribution in [3.63, 3.8) is 0 Å². The molecule has 2 atom stereocenters. The third kappa shape index (κ3) is 40.2. The van der Waals surface area contributed by atoms with E-state index in [1.165, 1.54) is 0 Å². The van der Waals surface area contributed by atoms with Gasteiger partial charge in [0.25, 0.3) is 0 Å². The zero-order valence-corrected chi connectivity index (χ0v) is 35.7. The van der Waals surface area contributed by atoms with E-state index in [-0.39, 0.29) is 317 Å². The number of nitrogens with two attached hydrogens (primary N) is 2. The zero-order valence-electron chi connectivity index (χ0n) is 22.1. The van der Waals surface area contributed by atoms with Gasteiger partial charge in [0.15, 0.2) is 6.23 Å². The molecule has 0 saturated heterocycles. The van der Waals surface area contributed by atoms with Crippen LogP contribution in [0.2, 0.25) is 0 Å². The van der Waals surface area contributed by atoms with Crippen molar-refractivity contribution < 1.29 is 330 Å². The summed E-state index contributed by atoms with van der Waals surface area (Å²) in [6, 6.07) is 0. The molecule has 0 rings (SSSR count). The van der Waals surface area contributed by atoms with Crippen molar-refractivity contribution in [1.82, 2.24) is 0 Å². The Morgan fingerprint density at radius 2 is 1.55 bits per heavy atom. The molecule has 0 aromatic heterocycles. The summed E-state index contributed by atoms with van der Waals surface area (Å²) in [6.07, 6.45) is 5.05. The van der Waals surface area contributed by atoms with Crippen molar-refractivity contribution >= 4 is 8.25 Å². The maximum atomic E-state index is 11.2. The summed E-state index contributed by atoms with van der Waals surface area (Å²) in [4.78, 5) is 0. The third-order valence-corrected chi connectivity index (χ3v) is 2.95. The first kappa shape index (κ1) is 49.0. The minimum Gasteiger partial charge on any atom is -1.00 e. The van der Waals surface area contributed by atoms with Gasteiger partial charge in [0.05, 0.1) is 0 Å². The van der Waals surface area contributed by atoms with Gasteiger partial charge in [-0.3, -0.25) is 0 Å². The van der Waals surface area contributed by atoms with Crippen molar-refractivity contribution in [1.29, 1.82) is 0 Å². The molecule has 0 aliphatic carbocycles. The van der Waals surface area contributed by atoms with Gasteiger partial charge in [-0.25, -0.2) is 0 Å². The van der Waals surface area contributed by atoms with E-state index in [2.05, 4.69) is 0 Å². The van der Waals surface area contributed by atoms with Crippen molar-refractivity contribution in [3.05, 3.63) is 0 Å². The molecule has 2 unspecified atom stereocenters. The predicted octanol–water partition coefficient (Wildman–Crippen LogP) is -15.0. The van der Waals surface area contributed by atoms with E-state index >= 15 is 0 Å². The van der Waals surface area contributed by atoms with Crippen LogP contribution < -0.4 is 320 Å². The summed E-state index contributed by atoms with van der Waals surface area (Å²) in [6.45, 7) is 3.20. The van der Waals surface area contributed by atoms with Crippen LogP contribution in [0.15, 0.2) is 0 Å². The van der Waals surface area contributed by atoms with Crippen LogP contribution in [0.3, 0.4) is 0 Å². The maximum absolute atomic E-state index is 11.2. The standard InChI is InChI=1S/C10H24N2O3P.6K.6H/c1-2-3-9-14-16(13)15-10(12)7-5-4-6-8-11;;;;;;;;;;;;/h10H,2-9,11-12H2,1H3;;;;;;;;;;;;/q7*+1;6*-1. The Kier molecular flexibility index (Phi) is 91.5. The number of rotatable bonds is 11. The summed E-state index contributed by atoms with van der Waals surface area (Å²) >= 11 is 0. The molecule has 0 aliphatic rings. The Morgan fingerprint density at radius 1 is 1.00 bits per heavy atom. The predicted molar refractivity (Wildman–Crippen MR) is 71.7 cm³/mol. The van der Waals surface area contributed by atoms with Gasteiger partial charge in [-0.1, -0.05) is 19.8 Å². The molecule has 0 radical (unpaired) electrons. The largest absolute Gasteiger partial charge is 1.00 e. The fraction of sp³-hybridized carbons (Fsp3) is 1.00. The minimum absolute atomic E-state index is 0. The molecule has 0 heterocycles. The Bertz CT molecular complexity index is 221. The zero-order chi connectivity index (χ0) is 12.2. The summed E-state index contributed by atoms with van der Waals surface area (Å²) in [5.74, 6) is 0. The van der Waals surface area contributed by atoms with E-state index in [1.54, 1.807) is 0 Å². The van der Waals surface area contributed by atoms with Crippen LogP contribution in [-0.4, -0.2) is 19.4 Å². The van der Waals surface area contributed by atoms with Crippen molar-refractivity contribution in [2.24, 2.45) is 11.5 Å². The summed E-state index contributed by atoms with van der Waals surface area (Å²) < 4.78 is 21.2. The van der Waals surface area contributed by atoms with E-state index in [9.17, 15) is 4.57 Å². The van der Waals surface area contributed by atoms with E-state index < -0.39 is 14.5 Å². The molecule has 0 bridgehead atoms. The summed E-state index contributed by atoms with van der Waals surface area (Å²) in [5, 5.41) is 0. The van der Waals surface area contributed by atoms with Crippen molar-refractivity contribution in [2.45, 2.75) is 51.7 Å². The second kappa shape index (κ2) is 41.1.